The zero-order valence-corrected chi connectivity index (χ0v) is 13.9. The first-order chi connectivity index (χ1) is 11.5. The van der Waals surface area contributed by atoms with Crippen molar-refractivity contribution in [2.24, 2.45) is 0 Å². The summed E-state index contributed by atoms with van der Waals surface area (Å²) in [4.78, 5) is 25.9. The molecule has 0 saturated carbocycles. The average molecular weight is 334 g/mol. The lowest BCUT2D eigenvalue weighted by atomic mass is 9.94. The number of nitrogen functional groups attached to an aromatic ring is 1. The number of ether oxygens (including phenoxy) is 3. The highest BCUT2D eigenvalue weighted by molar-refractivity contribution is 5.98. The smallest absolute Gasteiger partial charge is 0.308 e. The number of rotatable bonds is 2. The van der Waals surface area contributed by atoms with Crippen molar-refractivity contribution in [2.75, 3.05) is 26.5 Å². The zero-order chi connectivity index (χ0) is 17.3. The molecule has 0 radical (unpaired) electrons. The van der Waals surface area contributed by atoms with Crippen LogP contribution in [-0.2, 0) is 14.3 Å². The number of hydrogen-bond acceptors (Lipinski definition) is 6. The number of nitrogens with two attached hydrogens (primary N) is 1. The van der Waals surface area contributed by atoms with Gasteiger partial charge in [0.1, 0.15) is 18.5 Å². The fourth-order valence-corrected chi connectivity index (χ4v) is 3.31. The van der Waals surface area contributed by atoms with Gasteiger partial charge in [-0.3, -0.25) is 9.59 Å². The van der Waals surface area contributed by atoms with Crippen LogP contribution >= 0.6 is 0 Å². The van der Waals surface area contributed by atoms with Gasteiger partial charge < -0.3 is 24.8 Å². The number of carbonyl (C=O) groups is 2. The van der Waals surface area contributed by atoms with Crippen molar-refractivity contribution in [3.05, 3.63) is 23.8 Å². The highest BCUT2D eigenvalue weighted by Crippen LogP contribution is 2.32. The van der Waals surface area contributed by atoms with E-state index in [1.165, 1.54) is 7.11 Å². The number of benzene rings is 1. The standard InChI is InChI=1S/C17H22N2O5/c1-19-13-5-4-11(8-16(20)22-2)24-15(13)9-23-14-6-3-10(18)7-12(14)17(19)21/h3,6-7,11,13,15H,4-5,8-9,18H2,1-2H3/t11-,13+,15-/m1/s1. The van der Waals surface area contributed by atoms with Gasteiger partial charge >= 0.3 is 5.97 Å². The van der Waals surface area contributed by atoms with Crippen LogP contribution in [-0.4, -0.2) is 55.8 Å². The topological polar surface area (TPSA) is 91.1 Å². The third-order valence-electron chi connectivity index (χ3n) is 4.66. The van der Waals surface area contributed by atoms with Gasteiger partial charge in [0.15, 0.2) is 0 Å². The van der Waals surface area contributed by atoms with Crippen LogP contribution in [0.3, 0.4) is 0 Å². The van der Waals surface area contributed by atoms with Crippen LogP contribution in [0.5, 0.6) is 5.75 Å². The van der Waals surface area contributed by atoms with E-state index in [4.69, 9.17) is 19.9 Å². The Morgan fingerprint density at radius 3 is 2.96 bits per heavy atom. The summed E-state index contributed by atoms with van der Waals surface area (Å²) in [5.74, 6) is 0.0654. The molecule has 0 bridgehead atoms. The first-order valence-electron chi connectivity index (χ1n) is 8.01. The lowest BCUT2D eigenvalue weighted by Crippen LogP contribution is -2.53. The van der Waals surface area contributed by atoms with Crippen LogP contribution in [0.25, 0.3) is 0 Å². The van der Waals surface area contributed by atoms with Crippen LogP contribution in [0.1, 0.15) is 29.6 Å². The summed E-state index contributed by atoms with van der Waals surface area (Å²) in [7, 11) is 3.13. The lowest BCUT2D eigenvalue weighted by molar-refractivity contribution is -0.151. The predicted molar refractivity (Wildman–Crippen MR) is 86.8 cm³/mol. The average Bonchev–Trinajstić information content (AvgIpc) is 2.58. The van der Waals surface area contributed by atoms with Crippen molar-refractivity contribution in [2.45, 2.75) is 37.5 Å². The third-order valence-corrected chi connectivity index (χ3v) is 4.66. The van der Waals surface area contributed by atoms with E-state index < -0.39 is 0 Å². The van der Waals surface area contributed by atoms with E-state index in [-0.39, 0.29) is 36.5 Å². The molecule has 0 unspecified atom stereocenters. The molecule has 0 aromatic heterocycles. The second-order valence-electron chi connectivity index (χ2n) is 6.20. The summed E-state index contributed by atoms with van der Waals surface area (Å²) in [6.07, 6.45) is 1.15. The van der Waals surface area contributed by atoms with E-state index in [2.05, 4.69) is 0 Å². The molecule has 1 amide bonds. The Labute approximate surface area is 140 Å². The minimum Gasteiger partial charge on any atom is -0.490 e. The van der Waals surface area contributed by atoms with Gasteiger partial charge in [-0.25, -0.2) is 0 Å². The molecule has 24 heavy (non-hydrogen) atoms. The number of carbonyl (C=O) groups excluding carboxylic acids is 2. The van der Waals surface area contributed by atoms with Gasteiger partial charge in [0.25, 0.3) is 5.91 Å². The number of likely N-dealkylation sites (N-methyl/N-ethyl adjacent to an activating group) is 1. The lowest BCUT2D eigenvalue weighted by Gasteiger charge is -2.42. The summed E-state index contributed by atoms with van der Waals surface area (Å²) in [5.41, 5.74) is 6.78. The maximum absolute atomic E-state index is 12.8. The third kappa shape index (κ3) is 3.17. The predicted octanol–water partition coefficient (Wildman–Crippen LogP) is 1.21. The van der Waals surface area contributed by atoms with Crippen molar-refractivity contribution >= 4 is 17.6 Å². The second kappa shape index (κ2) is 6.68. The first-order valence-corrected chi connectivity index (χ1v) is 8.01. The number of amides is 1. The molecule has 0 spiro atoms. The normalized spacial score (nSPS) is 26.5. The van der Waals surface area contributed by atoms with E-state index in [0.29, 0.717) is 30.0 Å². The van der Waals surface area contributed by atoms with Crippen LogP contribution in [0.15, 0.2) is 18.2 Å². The molecule has 2 heterocycles. The summed E-state index contributed by atoms with van der Waals surface area (Å²) in [6.45, 7) is 0.316. The highest BCUT2D eigenvalue weighted by Gasteiger charge is 2.39. The Kier molecular flexibility index (Phi) is 4.62. The van der Waals surface area contributed by atoms with Gasteiger partial charge in [0, 0.05) is 12.7 Å². The first kappa shape index (κ1) is 16.6. The molecule has 1 aromatic carbocycles. The monoisotopic (exact) mass is 334 g/mol. The summed E-state index contributed by atoms with van der Waals surface area (Å²) < 4.78 is 16.5. The van der Waals surface area contributed by atoms with E-state index in [0.717, 1.165) is 6.42 Å². The van der Waals surface area contributed by atoms with E-state index in [1.54, 1.807) is 30.1 Å². The van der Waals surface area contributed by atoms with E-state index in [1.807, 2.05) is 0 Å². The Balaban J connectivity index is 1.81. The largest absolute Gasteiger partial charge is 0.490 e. The number of nitrogens with zero attached hydrogens (tertiary/aromatic N) is 1. The van der Waals surface area contributed by atoms with Crippen molar-refractivity contribution in [1.82, 2.24) is 4.90 Å². The fourth-order valence-electron chi connectivity index (χ4n) is 3.31. The fraction of sp³-hybridized carbons (Fsp3) is 0.529. The maximum Gasteiger partial charge on any atom is 0.308 e. The van der Waals surface area contributed by atoms with Gasteiger partial charge in [-0.15, -0.1) is 0 Å². The Hall–Kier alpha value is -2.28. The molecule has 1 saturated heterocycles. The van der Waals surface area contributed by atoms with Crippen molar-refractivity contribution in [3.63, 3.8) is 0 Å². The number of fused-ring (bicyclic) bond motifs is 2. The molecule has 1 aromatic rings. The van der Waals surface area contributed by atoms with Gasteiger partial charge in [0.2, 0.25) is 0 Å². The van der Waals surface area contributed by atoms with Gasteiger partial charge in [-0.1, -0.05) is 0 Å². The molecule has 1 fully saturated rings. The number of esters is 1. The van der Waals surface area contributed by atoms with Crippen molar-refractivity contribution < 1.29 is 23.8 Å². The number of hydrogen-bond donors (Lipinski definition) is 1. The minimum atomic E-state index is -0.296. The molecular weight excluding hydrogens is 312 g/mol. The molecule has 2 aliphatic rings. The molecule has 2 N–H and O–H groups in total. The van der Waals surface area contributed by atoms with Crippen LogP contribution in [0.4, 0.5) is 5.69 Å². The maximum atomic E-state index is 12.8. The Morgan fingerprint density at radius 2 is 2.21 bits per heavy atom. The highest BCUT2D eigenvalue weighted by atomic mass is 16.5. The van der Waals surface area contributed by atoms with Crippen LogP contribution in [0, 0.1) is 0 Å². The number of anilines is 1. The molecular formula is C17H22N2O5. The molecule has 130 valence electrons. The van der Waals surface area contributed by atoms with Gasteiger partial charge in [-0.05, 0) is 31.0 Å². The molecule has 7 nitrogen and oxygen atoms in total. The quantitative estimate of drug-likeness (QED) is 0.646. The SMILES string of the molecule is COC(=O)C[C@H]1CC[C@H]2[C@@H](COc3ccc(N)cc3C(=O)N2C)O1. The van der Waals surface area contributed by atoms with E-state index >= 15 is 0 Å². The summed E-state index contributed by atoms with van der Waals surface area (Å²) in [5, 5.41) is 0. The van der Waals surface area contributed by atoms with E-state index in [9.17, 15) is 9.59 Å². The Morgan fingerprint density at radius 1 is 1.42 bits per heavy atom. The van der Waals surface area contributed by atoms with Crippen molar-refractivity contribution in [1.29, 1.82) is 0 Å². The van der Waals surface area contributed by atoms with Crippen LogP contribution < -0.4 is 10.5 Å². The number of methoxy groups -OCH3 is 1. The zero-order valence-electron chi connectivity index (χ0n) is 13.9. The van der Waals surface area contributed by atoms with Crippen molar-refractivity contribution in [3.8, 4) is 5.75 Å². The Bertz CT molecular complexity index is 648. The second-order valence-corrected chi connectivity index (χ2v) is 6.20. The molecule has 0 aliphatic carbocycles. The molecule has 3 rings (SSSR count). The van der Waals surface area contributed by atoms with Gasteiger partial charge in [0.05, 0.1) is 31.2 Å². The molecule has 3 atom stereocenters. The summed E-state index contributed by atoms with van der Waals surface area (Å²) >= 11 is 0. The molecule has 7 heteroatoms. The summed E-state index contributed by atoms with van der Waals surface area (Å²) in [6, 6.07) is 4.94. The van der Waals surface area contributed by atoms with Gasteiger partial charge in [-0.2, -0.15) is 0 Å². The minimum absolute atomic E-state index is 0.0963. The molecule has 2 aliphatic heterocycles. The van der Waals surface area contributed by atoms with Crippen LogP contribution in [0.2, 0.25) is 0 Å².